The van der Waals surface area contributed by atoms with Gasteiger partial charge >= 0.3 is 0 Å². The van der Waals surface area contributed by atoms with Gasteiger partial charge in [0.05, 0.1) is 10.6 Å². The normalized spacial score (nSPS) is 10.3. The van der Waals surface area contributed by atoms with E-state index in [9.17, 15) is 10.1 Å². The van der Waals surface area contributed by atoms with Crippen LogP contribution in [0.15, 0.2) is 60.7 Å². The molecule has 1 heterocycles. The highest BCUT2D eigenvalue weighted by atomic mass is 16.6. The van der Waals surface area contributed by atoms with Crippen molar-refractivity contribution < 1.29 is 4.92 Å². The van der Waals surface area contributed by atoms with Crippen molar-refractivity contribution in [2.45, 2.75) is 13.5 Å². The van der Waals surface area contributed by atoms with Crippen LogP contribution in [0.1, 0.15) is 12.5 Å². The first-order chi connectivity index (χ1) is 12.7. The third kappa shape index (κ3) is 4.32. The van der Waals surface area contributed by atoms with Crippen molar-refractivity contribution in [3.63, 3.8) is 0 Å². The number of nitro benzene ring substituents is 1. The predicted octanol–water partition coefficient (Wildman–Crippen LogP) is 4.10. The van der Waals surface area contributed by atoms with E-state index in [-0.39, 0.29) is 5.69 Å². The van der Waals surface area contributed by atoms with Gasteiger partial charge in [0.25, 0.3) is 5.69 Å². The first-order valence-electron chi connectivity index (χ1n) is 8.31. The van der Waals surface area contributed by atoms with Crippen LogP contribution in [0.3, 0.4) is 0 Å². The van der Waals surface area contributed by atoms with Gasteiger partial charge < -0.3 is 10.6 Å². The second-order valence-corrected chi connectivity index (χ2v) is 5.64. The van der Waals surface area contributed by atoms with Crippen LogP contribution in [-0.2, 0) is 6.54 Å². The molecular formula is C19H19N5O2. The van der Waals surface area contributed by atoms with Crippen molar-refractivity contribution in [2.24, 2.45) is 0 Å². The van der Waals surface area contributed by atoms with Crippen LogP contribution >= 0.6 is 0 Å². The summed E-state index contributed by atoms with van der Waals surface area (Å²) in [6.07, 6.45) is 0. The summed E-state index contributed by atoms with van der Waals surface area (Å²) < 4.78 is 0. The predicted molar refractivity (Wildman–Crippen MR) is 102 cm³/mol. The Morgan fingerprint density at radius 3 is 2.54 bits per heavy atom. The van der Waals surface area contributed by atoms with Gasteiger partial charge in [0.1, 0.15) is 5.82 Å². The minimum absolute atomic E-state index is 0.0744. The van der Waals surface area contributed by atoms with Crippen LogP contribution in [0.4, 0.5) is 17.5 Å². The molecule has 0 radical (unpaired) electrons. The summed E-state index contributed by atoms with van der Waals surface area (Å²) in [5.74, 6) is 1.19. The van der Waals surface area contributed by atoms with Gasteiger partial charge in [-0.15, -0.1) is 0 Å². The van der Waals surface area contributed by atoms with E-state index < -0.39 is 4.92 Å². The molecule has 0 aliphatic rings. The number of non-ortho nitro benzene ring substituents is 1. The quantitative estimate of drug-likeness (QED) is 0.493. The summed E-state index contributed by atoms with van der Waals surface area (Å²) in [4.78, 5) is 19.5. The lowest BCUT2D eigenvalue weighted by molar-refractivity contribution is -0.384. The molecule has 0 atom stereocenters. The van der Waals surface area contributed by atoms with Crippen molar-refractivity contribution in [3.8, 4) is 11.3 Å². The molecule has 7 heteroatoms. The Morgan fingerprint density at radius 1 is 1.00 bits per heavy atom. The van der Waals surface area contributed by atoms with Crippen LogP contribution in [0.5, 0.6) is 0 Å². The van der Waals surface area contributed by atoms with Crippen LogP contribution < -0.4 is 10.6 Å². The first kappa shape index (κ1) is 17.3. The Kier molecular flexibility index (Phi) is 5.38. The number of rotatable bonds is 7. The Hall–Kier alpha value is -3.48. The van der Waals surface area contributed by atoms with Crippen molar-refractivity contribution in [1.82, 2.24) is 9.97 Å². The number of nitro groups is 1. The Balaban J connectivity index is 1.84. The van der Waals surface area contributed by atoms with Gasteiger partial charge in [-0.25, -0.2) is 4.98 Å². The van der Waals surface area contributed by atoms with Gasteiger partial charge in [0, 0.05) is 36.9 Å². The first-order valence-corrected chi connectivity index (χ1v) is 8.31. The van der Waals surface area contributed by atoms with Crippen molar-refractivity contribution >= 4 is 17.5 Å². The molecule has 0 saturated carbocycles. The van der Waals surface area contributed by atoms with E-state index in [0.29, 0.717) is 24.9 Å². The van der Waals surface area contributed by atoms with Crippen LogP contribution in [0.2, 0.25) is 0 Å². The fourth-order valence-electron chi connectivity index (χ4n) is 2.50. The number of benzene rings is 2. The topological polar surface area (TPSA) is 93.0 Å². The monoisotopic (exact) mass is 349 g/mol. The van der Waals surface area contributed by atoms with E-state index in [1.54, 1.807) is 12.1 Å². The summed E-state index contributed by atoms with van der Waals surface area (Å²) in [7, 11) is 0. The molecule has 0 bridgehead atoms. The largest absolute Gasteiger partial charge is 0.366 e. The molecule has 3 aromatic rings. The van der Waals surface area contributed by atoms with Gasteiger partial charge in [0.2, 0.25) is 5.95 Å². The lowest BCUT2D eigenvalue weighted by Crippen LogP contribution is -2.07. The standard InChI is InChI=1S/C19H19N5O2/c1-2-20-19-22-17(15-8-4-3-5-9-15)12-18(23-19)21-13-14-7-6-10-16(11-14)24(25)26/h3-12H,2,13H2,1H3,(H2,20,21,22,23). The minimum Gasteiger partial charge on any atom is -0.366 e. The second-order valence-electron chi connectivity index (χ2n) is 5.64. The number of aromatic nitrogens is 2. The smallest absolute Gasteiger partial charge is 0.269 e. The highest BCUT2D eigenvalue weighted by Gasteiger charge is 2.08. The molecule has 26 heavy (non-hydrogen) atoms. The number of anilines is 2. The number of nitrogens with one attached hydrogen (secondary N) is 2. The zero-order valence-electron chi connectivity index (χ0n) is 14.3. The molecule has 0 saturated heterocycles. The lowest BCUT2D eigenvalue weighted by Gasteiger charge is -2.11. The van der Waals surface area contributed by atoms with Crippen LogP contribution in [-0.4, -0.2) is 21.4 Å². The van der Waals surface area contributed by atoms with E-state index in [0.717, 1.165) is 16.8 Å². The van der Waals surface area contributed by atoms with Crippen molar-refractivity contribution in [2.75, 3.05) is 17.2 Å². The minimum atomic E-state index is -0.398. The molecule has 0 unspecified atom stereocenters. The van der Waals surface area contributed by atoms with E-state index in [2.05, 4.69) is 20.6 Å². The van der Waals surface area contributed by atoms with E-state index in [1.807, 2.05) is 49.4 Å². The fourth-order valence-corrected chi connectivity index (χ4v) is 2.50. The van der Waals surface area contributed by atoms with Crippen LogP contribution in [0.25, 0.3) is 11.3 Å². The van der Waals surface area contributed by atoms with Gasteiger partial charge in [-0.3, -0.25) is 10.1 Å². The average Bonchev–Trinajstić information content (AvgIpc) is 2.67. The van der Waals surface area contributed by atoms with Gasteiger partial charge in [-0.2, -0.15) is 4.98 Å². The summed E-state index contributed by atoms with van der Waals surface area (Å²) in [5, 5.41) is 17.3. The van der Waals surface area contributed by atoms with E-state index in [4.69, 9.17) is 0 Å². The Morgan fingerprint density at radius 2 is 1.81 bits per heavy atom. The highest BCUT2D eigenvalue weighted by molar-refractivity contribution is 5.64. The summed E-state index contributed by atoms with van der Waals surface area (Å²) >= 11 is 0. The zero-order valence-corrected chi connectivity index (χ0v) is 14.3. The Labute approximate surface area is 151 Å². The summed E-state index contributed by atoms with van der Waals surface area (Å²) in [5.41, 5.74) is 2.68. The number of hydrogen-bond acceptors (Lipinski definition) is 6. The molecule has 0 aliphatic carbocycles. The lowest BCUT2D eigenvalue weighted by atomic mass is 10.1. The zero-order chi connectivity index (χ0) is 18.4. The van der Waals surface area contributed by atoms with E-state index in [1.165, 1.54) is 6.07 Å². The van der Waals surface area contributed by atoms with Crippen LogP contribution in [0, 0.1) is 10.1 Å². The van der Waals surface area contributed by atoms with Gasteiger partial charge in [0.15, 0.2) is 0 Å². The van der Waals surface area contributed by atoms with E-state index >= 15 is 0 Å². The maximum absolute atomic E-state index is 10.9. The average molecular weight is 349 g/mol. The third-order valence-corrected chi connectivity index (χ3v) is 3.73. The molecule has 3 rings (SSSR count). The molecule has 0 fully saturated rings. The maximum Gasteiger partial charge on any atom is 0.269 e. The second kappa shape index (κ2) is 8.06. The maximum atomic E-state index is 10.9. The number of nitrogens with zero attached hydrogens (tertiary/aromatic N) is 3. The van der Waals surface area contributed by atoms with Gasteiger partial charge in [-0.1, -0.05) is 42.5 Å². The molecule has 2 N–H and O–H groups in total. The fraction of sp³-hybridized carbons (Fsp3) is 0.158. The molecule has 7 nitrogen and oxygen atoms in total. The number of hydrogen-bond donors (Lipinski definition) is 2. The molecule has 2 aromatic carbocycles. The van der Waals surface area contributed by atoms with Gasteiger partial charge in [-0.05, 0) is 12.5 Å². The molecular weight excluding hydrogens is 330 g/mol. The molecule has 1 aromatic heterocycles. The van der Waals surface area contributed by atoms with Crippen molar-refractivity contribution in [3.05, 3.63) is 76.3 Å². The highest BCUT2D eigenvalue weighted by Crippen LogP contribution is 2.22. The SMILES string of the molecule is CCNc1nc(NCc2cccc([N+](=O)[O-])c2)cc(-c2ccccc2)n1. The Bertz CT molecular complexity index is 899. The summed E-state index contributed by atoms with van der Waals surface area (Å²) in [6, 6.07) is 18.3. The molecule has 132 valence electrons. The molecule has 0 amide bonds. The molecule has 0 aliphatic heterocycles. The van der Waals surface area contributed by atoms with Crippen molar-refractivity contribution in [1.29, 1.82) is 0 Å². The molecule has 0 spiro atoms. The third-order valence-electron chi connectivity index (χ3n) is 3.73. The summed E-state index contributed by atoms with van der Waals surface area (Å²) in [6.45, 7) is 3.12.